The van der Waals surface area contributed by atoms with Crippen LogP contribution in [0, 0.1) is 11.8 Å². The third kappa shape index (κ3) is 3.26. The molecule has 1 aromatic rings. The molecule has 0 aliphatic heterocycles. The van der Waals surface area contributed by atoms with Crippen LogP contribution in [0.15, 0.2) is 35.2 Å². The third-order valence-electron chi connectivity index (χ3n) is 3.65. The van der Waals surface area contributed by atoms with Crippen LogP contribution in [0.2, 0.25) is 0 Å². The number of aliphatic hydroxyl groups is 1. The molecule has 2 heteroatoms. The van der Waals surface area contributed by atoms with E-state index in [9.17, 15) is 5.11 Å². The monoisotopic (exact) mass is 250 g/mol. The Hall–Kier alpha value is -0.470. The van der Waals surface area contributed by atoms with Crippen molar-refractivity contribution in [3.05, 3.63) is 30.3 Å². The van der Waals surface area contributed by atoms with Gasteiger partial charge in [-0.15, -0.1) is 11.8 Å². The highest BCUT2D eigenvalue weighted by molar-refractivity contribution is 8.00. The summed E-state index contributed by atoms with van der Waals surface area (Å²) < 4.78 is 0. The first-order chi connectivity index (χ1) is 8.18. The molecule has 2 atom stereocenters. The minimum atomic E-state index is -0.189. The zero-order valence-electron chi connectivity index (χ0n) is 10.7. The van der Waals surface area contributed by atoms with Crippen LogP contribution >= 0.6 is 11.8 Å². The van der Waals surface area contributed by atoms with E-state index in [1.54, 1.807) is 0 Å². The average Bonchev–Trinajstić information content (AvgIpc) is 2.26. The zero-order chi connectivity index (χ0) is 12.3. The van der Waals surface area contributed by atoms with E-state index >= 15 is 0 Å². The molecule has 0 aromatic heterocycles. The number of thioether (sulfide) groups is 1. The van der Waals surface area contributed by atoms with Gasteiger partial charge in [0.2, 0.25) is 0 Å². The predicted octanol–water partition coefficient (Wildman–Crippen LogP) is 3.96. The van der Waals surface area contributed by atoms with E-state index in [1.807, 2.05) is 17.8 Å². The molecule has 0 bridgehead atoms. The van der Waals surface area contributed by atoms with Crippen molar-refractivity contribution < 1.29 is 5.11 Å². The Morgan fingerprint density at radius 2 is 1.82 bits per heavy atom. The third-order valence-corrected chi connectivity index (χ3v) is 5.13. The summed E-state index contributed by atoms with van der Waals surface area (Å²) in [4.78, 5) is 1.28. The molecule has 0 spiro atoms. The second-order valence-corrected chi connectivity index (χ2v) is 6.57. The minimum Gasteiger partial charge on any atom is -0.392 e. The van der Waals surface area contributed by atoms with Gasteiger partial charge in [0, 0.05) is 10.1 Å². The second kappa shape index (κ2) is 5.92. The maximum atomic E-state index is 10.4. The molecule has 17 heavy (non-hydrogen) atoms. The fraction of sp³-hybridized carbons (Fsp3) is 0.600. The summed E-state index contributed by atoms with van der Waals surface area (Å²) in [5.41, 5.74) is 0. The van der Waals surface area contributed by atoms with Crippen LogP contribution in [0.25, 0.3) is 0 Å². The molecule has 0 amide bonds. The number of benzene rings is 1. The minimum absolute atomic E-state index is 0.189. The molecular formula is C15H22OS. The first-order valence-corrected chi connectivity index (χ1v) is 7.46. The van der Waals surface area contributed by atoms with Crippen LogP contribution in [-0.4, -0.2) is 16.5 Å². The first-order valence-electron chi connectivity index (χ1n) is 6.58. The predicted molar refractivity (Wildman–Crippen MR) is 74.3 cm³/mol. The highest BCUT2D eigenvalue weighted by Gasteiger charge is 2.34. The Kier molecular flexibility index (Phi) is 4.52. The maximum absolute atomic E-state index is 10.4. The Morgan fingerprint density at radius 3 is 2.29 bits per heavy atom. The van der Waals surface area contributed by atoms with Crippen LogP contribution in [-0.2, 0) is 0 Å². The highest BCUT2D eigenvalue weighted by Crippen LogP contribution is 2.41. The molecule has 1 saturated carbocycles. The van der Waals surface area contributed by atoms with Crippen LogP contribution < -0.4 is 0 Å². The summed E-state index contributed by atoms with van der Waals surface area (Å²) in [5.74, 6) is 1.05. The molecule has 1 N–H and O–H groups in total. The number of aliphatic hydroxyl groups excluding tert-OH is 1. The van der Waals surface area contributed by atoms with Crippen molar-refractivity contribution in [1.82, 2.24) is 0 Å². The topological polar surface area (TPSA) is 20.2 Å². The van der Waals surface area contributed by atoms with Gasteiger partial charge in [-0.1, -0.05) is 38.5 Å². The van der Waals surface area contributed by atoms with Gasteiger partial charge in [0.15, 0.2) is 0 Å². The van der Waals surface area contributed by atoms with Gasteiger partial charge in [0.05, 0.1) is 6.10 Å². The summed E-state index contributed by atoms with van der Waals surface area (Å²) in [6.07, 6.45) is 3.72. The lowest BCUT2D eigenvalue weighted by atomic mass is 9.79. The Morgan fingerprint density at radius 1 is 1.18 bits per heavy atom. The van der Waals surface area contributed by atoms with E-state index in [0.717, 1.165) is 0 Å². The fourth-order valence-electron chi connectivity index (χ4n) is 2.25. The van der Waals surface area contributed by atoms with Gasteiger partial charge in [0.25, 0.3) is 0 Å². The van der Waals surface area contributed by atoms with Crippen LogP contribution in [0.1, 0.15) is 33.1 Å². The van der Waals surface area contributed by atoms with Crippen molar-refractivity contribution in [2.75, 3.05) is 0 Å². The van der Waals surface area contributed by atoms with E-state index in [0.29, 0.717) is 17.1 Å². The van der Waals surface area contributed by atoms with Crippen LogP contribution in [0.3, 0.4) is 0 Å². The molecule has 94 valence electrons. The van der Waals surface area contributed by atoms with Gasteiger partial charge in [0.1, 0.15) is 0 Å². The van der Waals surface area contributed by atoms with Gasteiger partial charge in [-0.05, 0) is 36.8 Å². The largest absolute Gasteiger partial charge is 0.392 e. The van der Waals surface area contributed by atoms with Gasteiger partial charge >= 0.3 is 0 Å². The average molecular weight is 250 g/mol. The number of hydrogen-bond donors (Lipinski definition) is 1. The lowest BCUT2D eigenvalue weighted by Crippen LogP contribution is -2.37. The summed E-state index contributed by atoms with van der Waals surface area (Å²) in [6, 6.07) is 10.5. The van der Waals surface area contributed by atoms with Crippen molar-refractivity contribution >= 4 is 11.8 Å². The summed E-state index contributed by atoms with van der Waals surface area (Å²) in [6.45, 7) is 4.23. The van der Waals surface area contributed by atoms with Gasteiger partial charge in [-0.3, -0.25) is 0 Å². The van der Waals surface area contributed by atoms with Crippen LogP contribution in [0.5, 0.6) is 0 Å². The Labute approximate surface area is 109 Å². The second-order valence-electron chi connectivity index (χ2n) is 5.32. The van der Waals surface area contributed by atoms with Crippen molar-refractivity contribution in [3.8, 4) is 0 Å². The molecule has 2 unspecified atom stereocenters. The van der Waals surface area contributed by atoms with E-state index in [4.69, 9.17) is 0 Å². The normalized spacial score (nSPS) is 20.0. The number of hydrogen-bond acceptors (Lipinski definition) is 2. The smallest absolute Gasteiger partial charge is 0.0687 e. The molecule has 2 rings (SSSR count). The molecule has 1 aliphatic rings. The SMILES string of the molecule is CC(C)C(O)C(Sc1ccccc1)C1CCC1. The maximum Gasteiger partial charge on any atom is 0.0687 e. The van der Waals surface area contributed by atoms with E-state index in [1.165, 1.54) is 24.2 Å². The fourth-order valence-corrected chi connectivity index (χ4v) is 3.80. The summed E-state index contributed by atoms with van der Waals surface area (Å²) >= 11 is 1.86. The molecule has 1 nitrogen and oxygen atoms in total. The summed E-state index contributed by atoms with van der Waals surface area (Å²) in [5, 5.41) is 10.7. The van der Waals surface area contributed by atoms with Gasteiger partial charge in [-0.25, -0.2) is 0 Å². The Bertz CT molecular complexity index is 332. The van der Waals surface area contributed by atoms with E-state index in [2.05, 4.69) is 38.1 Å². The van der Waals surface area contributed by atoms with E-state index in [-0.39, 0.29) is 6.10 Å². The Balaban J connectivity index is 2.05. The van der Waals surface area contributed by atoms with Crippen molar-refractivity contribution in [2.45, 2.75) is 49.4 Å². The molecule has 0 heterocycles. The van der Waals surface area contributed by atoms with Gasteiger partial charge in [-0.2, -0.15) is 0 Å². The quantitative estimate of drug-likeness (QED) is 0.798. The van der Waals surface area contributed by atoms with Crippen molar-refractivity contribution in [3.63, 3.8) is 0 Å². The lowest BCUT2D eigenvalue weighted by molar-refractivity contribution is 0.0871. The summed E-state index contributed by atoms with van der Waals surface area (Å²) in [7, 11) is 0. The highest BCUT2D eigenvalue weighted by atomic mass is 32.2. The molecule has 1 aliphatic carbocycles. The number of rotatable bonds is 5. The van der Waals surface area contributed by atoms with E-state index < -0.39 is 0 Å². The molecule has 1 aromatic carbocycles. The molecule has 0 saturated heterocycles. The first kappa shape index (κ1) is 13.0. The van der Waals surface area contributed by atoms with Gasteiger partial charge < -0.3 is 5.11 Å². The van der Waals surface area contributed by atoms with Crippen molar-refractivity contribution in [1.29, 1.82) is 0 Å². The molecular weight excluding hydrogens is 228 g/mol. The molecule has 1 fully saturated rings. The van der Waals surface area contributed by atoms with Crippen LogP contribution in [0.4, 0.5) is 0 Å². The van der Waals surface area contributed by atoms with Crippen molar-refractivity contribution in [2.24, 2.45) is 11.8 Å². The molecule has 0 radical (unpaired) electrons. The lowest BCUT2D eigenvalue weighted by Gasteiger charge is -2.37. The standard InChI is InChI=1S/C15H22OS/c1-11(2)14(16)15(12-7-6-8-12)17-13-9-4-3-5-10-13/h3-5,9-12,14-16H,6-8H2,1-2H3. The zero-order valence-corrected chi connectivity index (χ0v) is 11.5.